The number of rotatable bonds is 4. The van der Waals surface area contributed by atoms with Crippen molar-refractivity contribution < 1.29 is 9.53 Å². The Balaban J connectivity index is 1.80. The summed E-state index contributed by atoms with van der Waals surface area (Å²) in [6.07, 6.45) is 3.52. The van der Waals surface area contributed by atoms with E-state index < -0.39 is 6.09 Å². The van der Waals surface area contributed by atoms with Crippen molar-refractivity contribution in [2.75, 3.05) is 20.2 Å². The van der Waals surface area contributed by atoms with Crippen molar-refractivity contribution in [3.8, 4) is 0 Å². The molecular formula is C12H19N3O2S. The molecule has 1 aliphatic heterocycles. The van der Waals surface area contributed by atoms with Crippen molar-refractivity contribution in [1.82, 2.24) is 15.2 Å². The Hall–Kier alpha value is -1.14. The zero-order chi connectivity index (χ0) is 12.8. The molecule has 18 heavy (non-hydrogen) atoms. The highest BCUT2D eigenvalue weighted by atomic mass is 32.1. The predicted octanol–water partition coefficient (Wildman–Crippen LogP) is 1.98. The number of hydrogen-bond acceptors (Lipinski definition) is 5. The molecule has 5 nitrogen and oxygen atoms in total. The molecule has 2 rings (SSSR count). The van der Waals surface area contributed by atoms with Crippen LogP contribution in [-0.4, -0.2) is 36.2 Å². The fraction of sp³-hybridized carbons (Fsp3) is 0.667. The number of ether oxygens (including phenoxy) is 1. The fourth-order valence-corrected chi connectivity index (χ4v) is 2.79. The van der Waals surface area contributed by atoms with Crippen LogP contribution >= 0.6 is 11.3 Å². The number of amides is 1. The van der Waals surface area contributed by atoms with Gasteiger partial charge in [-0.15, -0.1) is 11.3 Å². The zero-order valence-corrected chi connectivity index (χ0v) is 11.5. The number of hydrogen-bond donors (Lipinski definition) is 1. The summed E-state index contributed by atoms with van der Waals surface area (Å²) < 4.78 is 4.52. The second kappa shape index (κ2) is 6.70. The Morgan fingerprint density at radius 2 is 2.28 bits per heavy atom. The first-order valence-corrected chi connectivity index (χ1v) is 7.13. The topological polar surface area (TPSA) is 54.5 Å². The molecule has 0 aromatic carbocycles. The minimum Gasteiger partial charge on any atom is -0.453 e. The van der Waals surface area contributed by atoms with Crippen LogP contribution in [0.1, 0.15) is 30.0 Å². The van der Waals surface area contributed by atoms with Crippen LogP contribution in [0.25, 0.3) is 0 Å². The number of likely N-dealkylation sites (tertiary alicyclic amines) is 1. The third kappa shape index (κ3) is 3.96. The lowest BCUT2D eigenvalue weighted by molar-refractivity contribution is 0.170. The van der Waals surface area contributed by atoms with E-state index in [0.717, 1.165) is 17.2 Å². The number of carbonyl (C=O) groups excluding carboxylic acids is 1. The van der Waals surface area contributed by atoms with E-state index in [1.165, 1.54) is 39.5 Å². The number of carbonyl (C=O) groups is 1. The highest BCUT2D eigenvalue weighted by Crippen LogP contribution is 2.15. The van der Waals surface area contributed by atoms with Crippen LogP contribution in [0.2, 0.25) is 0 Å². The minimum atomic E-state index is -0.414. The second-order valence-corrected chi connectivity index (χ2v) is 5.36. The maximum atomic E-state index is 10.9. The van der Waals surface area contributed by atoms with Crippen molar-refractivity contribution in [2.24, 2.45) is 0 Å². The summed E-state index contributed by atoms with van der Waals surface area (Å²) in [5.41, 5.74) is 1.10. The lowest BCUT2D eigenvalue weighted by atomic mass is 10.1. The molecule has 1 saturated heterocycles. The number of nitrogens with zero attached hydrogens (tertiary/aromatic N) is 2. The molecule has 100 valence electrons. The van der Waals surface area contributed by atoms with Gasteiger partial charge in [0.2, 0.25) is 0 Å². The Bertz CT molecular complexity index is 388. The lowest BCUT2D eigenvalue weighted by Gasteiger charge is -2.25. The van der Waals surface area contributed by atoms with E-state index in [9.17, 15) is 4.79 Å². The SMILES string of the molecule is COC(=O)NCc1nc(CN2CCCCC2)cs1. The molecule has 1 aromatic heterocycles. The molecule has 2 heterocycles. The molecule has 1 N–H and O–H groups in total. The molecule has 0 unspecified atom stereocenters. The van der Waals surface area contributed by atoms with Crippen molar-refractivity contribution >= 4 is 17.4 Å². The summed E-state index contributed by atoms with van der Waals surface area (Å²) in [6, 6.07) is 0. The molecule has 0 bridgehead atoms. The van der Waals surface area contributed by atoms with E-state index in [4.69, 9.17) is 0 Å². The second-order valence-electron chi connectivity index (χ2n) is 4.41. The van der Waals surface area contributed by atoms with Gasteiger partial charge >= 0.3 is 6.09 Å². The van der Waals surface area contributed by atoms with Gasteiger partial charge in [0, 0.05) is 11.9 Å². The zero-order valence-electron chi connectivity index (χ0n) is 10.6. The first kappa shape index (κ1) is 13.3. The van der Waals surface area contributed by atoms with Gasteiger partial charge in [0.15, 0.2) is 0 Å². The van der Waals surface area contributed by atoms with Crippen LogP contribution in [0.5, 0.6) is 0 Å². The van der Waals surface area contributed by atoms with Crippen LogP contribution in [0.3, 0.4) is 0 Å². The summed E-state index contributed by atoms with van der Waals surface area (Å²) in [5.74, 6) is 0. The van der Waals surface area contributed by atoms with Gasteiger partial charge in [0.25, 0.3) is 0 Å². The monoisotopic (exact) mass is 269 g/mol. The van der Waals surface area contributed by atoms with Gasteiger partial charge in [-0.2, -0.15) is 0 Å². The van der Waals surface area contributed by atoms with Crippen molar-refractivity contribution in [1.29, 1.82) is 0 Å². The van der Waals surface area contributed by atoms with Gasteiger partial charge in [-0.05, 0) is 25.9 Å². The molecule has 1 fully saturated rings. The standard InChI is InChI=1S/C12H19N3O2S/c1-17-12(16)13-7-11-14-10(9-18-11)8-15-5-3-2-4-6-15/h9H,2-8H2,1H3,(H,13,16). The van der Waals surface area contributed by atoms with E-state index in [-0.39, 0.29) is 0 Å². The van der Waals surface area contributed by atoms with E-state index in [2.05, 4.69) is 25.3 Å². The highest BCUT2D eigenvalue weighted by molar-refractivity contribution is 7.09. The summed E-state index contributed by atoms with van der Waals surface area (Å²) in [5, 5.41) is 5.63. The Kier molecular flexibility index (Phi) is 4.95. The summed E-state index contributed by atoms with van der Waals surface area (Å²) in [4.78, 5) is 17.9. The highest BCUT2D eigenvalue weighted by Gasteiger charge is 2.12. The molecule has 1 amide bonds. The van der Waals surface area contributed by atoms with Gasteiger partial charge < -0.3 is 10.1 Å². The molecule has 0 radical (unpaired) electrons. The van der Waals surface area contributed by atoms with E-state index in [1.807, 2.05) is 0 Å². The smallest absolute Gasteiger partial charge is 0.407 e. The van der Waals surface area contributed by atoms with Gasteiger partial charge in [-0.25, -0.2) is 9.78 Å². The summed E-state index contributed by atoms with van der Waals surface area (Å²) in [6.45, 7) is 3.71. The van der Waals surface area contributed by atoms with Crippen LogP contribution in [0.4, 0.5) is 4.79 Å². The number of alkyl carbamates (subject to hydrolysis) is 1. The molecule has 6 heteroatoms. The normalized spacial score (nSPS) is 16.5. The molecule has 0 atom stereocenters. The van der Waals surface area contributed by atoms with Crippen LogP contribution in [0, 0.1) is 0 Å². The Morgan fingerprint density at radius 3 is 3.00 bits per heavy atom. The molecule has 1 aromatic rings. The molecule has 1 aliphatic rings. The van der Waals surface area contributed by atoms with Crippen molar-refractivity contribution in [3.05, 3.63) is 16.1 Å². The van der Waals surface area contributed by atoms with Gasteiger partial charge in [-0.1, -0.05) is 6.42 Å². The number of aromatic nitrogens is 1. The third-order valence-electron chi connectivity index (χ3n) is 3.00. The first-order valence-electron chi connectivity index (χ1n) is 6.25. The van der Waals surface area contributed by atoms with Gasteiger partial charge in [0.05, 0.1) is 19.3 Å². The average molecular weight is 269 g/mol. The largest absolute Gasteiger partial charge is 0.453 e. The Labute approximate surface area is 111 Å². The molecule has 0 spiro atoms. The number of piperidine rings is 1. The lowest BCUT2D eigenvalue weighted by Crippen LogP contribution is -2.29. The van der Waals surface area contributed by atoms with Crippen molar-refractivity contribution in [3.63, 3.8) is 0 Å². The first-order chi connectivity index (χ1) is 8.78. The maximum absolute atomic E-state index is 10.9. The quantitative estimate of drug-likeness (QED) is 0.908. The van der Waals surface area contributed by atoms with E-state index in [1.54, 1.807) is 11.3 Å². The predicted molar refractivity (Wildman–Crippen MR) is 70.5 cm³/mol. The molecule has 0 aliphatic carbocycles. The van der Waals surface area contributed by atoms with Crippen LogP contribution in [0.15, 0.2) is 5.38 Å². The number of thiazole rings is 1. The minimum absolute atomic E-state index is 0.414. The number of methoxy groups -OCH3 is 1. The molecule has 0 saturated carbocycles. The van der Waals surface area contributed by atoms with E-state index in [0.29, 0.717) is 6.54 Å². The van der Waals surface area contributed by atoms with Crippen molar-refractivity contribution in [2.45, 2.75) is 32.4 Å². The molecular weight excluding hydrogens is 250 g/mol. The average Bonchev–Trinajstić information content (AvgIpc) is 2.85. The van der Waals surface area contributed by atoms with Gasteiger partial charge in [-0.3, -0.25) is 4.90 Å². The Morgan fingerprint density at radius 1 is 1.50 bits per heavy atom. The summed E-state index contributed by atoms with van der Waals surface area (Å²) >= 11 is 1.58. The number of nitrogens with one attached hydrogen (secondary N) is 1. The maximum Gasteiger partial charge on any atom is 0.407 e. The van der Waals surface area contributed by atoms with E-state index >= 15 is 0 Å². The fourth-order valence-electron chi connectivity index (χ4n) is 2.07. The van der Waals surface area contributed by atoms with Gasteiger partial charge in [0.1, 0.15) is 5.01 Å². The summed E-state index contributed by atoms with van der Waals surface area (Å²) in [7, 11) is 1.36. The van der Waals surface area contributed by atoms with Crippen LogP contribution < -0.4 is 5.32 Å². The third-order valence-corrected chi connectivity index (χ3v) is 3.90. The van der Waals surface area contributed by atoms with Crippen LogP contribution in [-0.2, 0) is 17.8 Å².